The SMILES string of the molecule is CCN1CCN(C(=O)[C@@H](C)OC(=O)c2cccc(S(=O)(=O)Nc3ccc(C)cc3)c2)CC1. The standard InChI is InChI=1S/C23H29N3O5S/c1-4-25-12-14-26(15-13-25)22(27)18(3)31-23(28)19-6-5-7-21(16-19)32(29,30)24-20-10-8-17(2)9-11-20/h5-11,16,18,24H,4,12-15H2,1-3H3/t18-/m1/s1. The van der Waals surface area contributed by atoms with Crippen LogP contribution in [0.5, 0.6) is 0 Å². The van der Waals surface area contributed by atoms with E-state index in [0.29, 0.717) is 18.8 Å². The predicted octanol–water partition coefficient (Wildman–Crippen LogP) is 2.51. The third-order valence-electron chi connectivity index (χ3n) is 5.45. The summed E-state index contributed by atoms with van der Waals surface area (Å²) in [5.74, 6) is -0.996. The maximum absolute atomic E-state index is 12.7. The molecule has 0 spiro atoms. The Labute approximate surface area is 189 Å². The molecule has 3 rings (SSSR count). The number of piperazine rings is 1. The monoisotopic (exact) mass is 459 g/mol. The van der Waals surface area contributed by atoms with E-state index in [-0.39, 0.29) is 16.4 Å². The van der Waals surface area contributed by atoms with Crippen molar-refractivity contribution in [2.24, 2.45) is 0 Å². The van der Waals surface area contributed by atoms with Gasteiger partial charge in [0.15, 0.2) is 6.10 Å². The number of sulfonamides is 1. The first-order valence-corrected chi connectivity index (χ1v) is 12.1. The van der Waals surface area contributed by atoms with E-state index in [1.165, 1.54) is 31.2 Å². The summed E-state index contributed by atoms with van der Waals surface area (Å²) in [4.78, 5) is 29.1. The van der Waals surface area contributed by atoms with Gasteiger partial charge >= 0.3 is 5.97 Å². The molecule has 0 saturated carbocycles. The molecule has 1 fully saturated rings. The molecule has 1 amide bonds. The molecule has 1 aliphatic rings. The van der Waals surface area contributed by atoms with Gasteiger partial charge in [-0.15, -0.1) is 0 Å². The van der Waals surface area contributed by atoms with E-state index in [0.717, 1.165) is 25.2 Å². The summed E-state index contributed by atoms with van der Waals surface area (Å²) < 4.78 is 33.3. The summed E-state index contributed by atoms with van der Waals surface area (Å²) in [7, 11) is -3.89. The molecule has 32 heavy (non-hydrogen) atoms. The number of hydrogen-bond donors (Lipinski definition) is 1. The highest BCUT2D eigenvalue weighted by molar-refractivity contribution is 7.92. The van der Waals surface area contributed by atoms with Crippen LogP contribution in [0.1, 0.15) is 29.8 Å². The second kappa shape index (κ2) is 10.1. The number of carbonyl (C=O) groups excluding carboxylic acids is 2. The number of rotatable bonds is 7. The quantitative estimate of drug-likeness (QED) is 0.639. The maximum Gasteiger partial charge on any atom is 0.338 e. The van der Waals surface area contributed by atoms with E-state index in [2.05, 4.69) is 16.5 Å². The number of aryl methyl sites for hydroxylation is 1. The van der Waals surface area contributed by atoms with Crippen LogP contribution in [0.15, 0.2) is 53.4 Å². The van der Waals surface area contributed by atoms with Crippen molar-refractivity contribution in [1.82, 2.24) is 9.80 Å². The van der Waals surface area contributed by atoms with Gasteiger partial charge in [-0.3, -0.25) is 9.52 Å². The molecule has 1 heterocycles. The lowest BCUT2D eigenvalue weighted by molar-refractivity contribution is -0.141. The van der Waals surface area contributed by atoms with Crippen molar-refractivity contribution >= 4 is 27.6 Å². The van der Waals surface area contributed by atoms with Gasteiger partial charge in [-0.1, -0.05) is 30.7 Å². The molecule has 1 N–H and O–H groups in total. The van der Waals surface area contributed by atoms with Crippen molar-refractivity contribution in [3.05, 3.63) is 59.7 Å². The molecular formula is C23H29N3O5S. The Morgan fingerprint density at radius 1 is 1.06 bits per heavy atom. The Balaban J connectivity index is 1.65. The van der Waals surface area contributed by atoms with E-state index in [4.69, 9.17) is 4.74 Å². The van der Waals surface area contributed by atoms with Gasteiger partial charge in [0.1, 0.15) is 0 Å². The lowest BCUT2D eigenvalue weighted by Crippen LogP contribution is -2.51. The van der Waals surface area contributed by atoms with Crippen molar-refractivity contribution in [2.45, 2.75) is 31.8 Å². The predicted molar refractivity (Wildman–Crippen MR) is 122 cm³/mol. The summed E-state index contributed by atoms with van der Waals surface area (Å²) >= 11 is 0. The Bertz CT molecular complexity index is 1060. The molecule has 8 nitrogen and oxygen atoms in total. The number of nitrogens with one attached hydrogen (secondary N) is 1. The smallest absolute Gasteiger partial charge is 0.338 e. The summed E-state index contributed by atoms with van der Waals surface area (Å²) in [6.45, 7) is 9.21. The fourth-order valence-corrected chi connectivity index (χ4v) is 4.55. The van der Waals surface area contributed by atoms with Gasteiger partial charge in [-0.2, -0.15) is 0 Å². The molecule has 0 unspecified atom stereocenters. The van der Waals surface area contributed by atoms with Crippen molar-refractivity contribution in [2.75, 3.05) is 37.4 Å². The molecule has 1 aliphatic heterocycles. The number of esters is 1. The van der Waals surface area contributed by atoms with Crippen LogP contribution in [0.2, 0.25) is 0 Å². The third kappa shape index (κ3) is 5.86. The largest absolute Gasteiger partial charge is 0.449 e. The zero-order chi connectivity index (χ0) is 23.3. The van der Waals surface area contributed by atoms with Crippen LogP contribution >= 0.6 is 0 Å². The van der Waals surface area contributed by atoms with Gasteiger partial charge in [0.2, 0.25) is 0 Å². The van der Waals surface area contributed by atoms with Crippen LogP contribution in [0, 0.1) is 6.92 Å². The topological polar surface area (TPSA) is 96.0 Å². The molecule has 172 valence electrons. The minimum Gasteiger partial charge on any atom is -0.449 e. The Hall–Kier alpha value is -2.91. The first-order chi connectivity index (χ1) is 15.2. The maximum atomic E-state index is 12.7. The van der Waals surface area contributed by atoms with Crippen LogP contribution < -0.4 is 4.72 Å². The summed E-state index contributed by atoms with van der Waals surface area (Å²) in [6.07, 6.45) is -0.957. The van der Waals surface area contributed by atoms with Crippen LogP contribution in [0.4, 0.5) is 5.69 Å². The summed E-state index contributed by atoms with van der Waals surface area (Å²) in [5, 5.41) is 0. The van der Waals surface area contributed by atoms with E-state index < -0.39 is 22.1 Å². The third-order valence-corrected chi connectivity index (χ3v) is 6.83. The van der Waals surface area contributed by atoms with Gasteiger partial charge in [0.25, 0.3) is 15.9 Å². The lowest BCUT2D eigenvalue weighted by atomic mass is 10.2. The average molecular weight is 460 g/mol. The van der Waals surface area contributed by atoms with Gasteiger partial charge in [0.05, 0.1) is 10.5 Å². The van der Waals surface area contributed by atoms with Crippen molar-refractivity contribution in [1.29, 1.82) is 0 Å². The molecule has 9 heteroatoms. The number of amides is 1. The van der Waals surface area contributed by atoms with E-state index in [9.17, 15) is 18.0 Å². The second-order valence-corrected chi connectivity index (χ2v) is 9.49. The van der Waals surface area contributed by atoms with Crippen LogP contribution in [-0.4, -0.2) is 68.9 Å². The minimum atomic E-state index is -3.89. The zero-order valence-electron chi connectivity index (χ0n) is 18.6. The molecule has 2 aromatic rings. The summed E-state index contributed by atoms with van der Waals surface area (Å²) in [5.41, 5.74) is 1.49. The Kier molecular flexibility index (Phi) is 7.52. The average Bonchev–Trinajstić information content (AvgIpc) is 2.80. The van der Waals surface area contributed by atoms with Gasteiger partial charge in [-0.25, -0.2) is 13.2 Å². The highest BCUT2D eigenvalue weighted by atomic mass is 32.2. The Morgan fingerprint density at radius 3 is 2.34 bits per heavy atom. The molecule has 1 saturated heterocycles. The number of anilines is 1. The summed E-state index contributed by atoms with van der Waals surface area (Å²) in [6, 6.07) is 12.5. The van der Waals surface area contributed by atoms with Crippen LogP contribution in [-0.2, 0) is 19.6 Å². The Morgan fingerprint density at radius 2 is 1.72 bits per heavy atom. The van der Waals surface area contributed by atoms with E-state index >= 15 is 0 Å². The number of carbonyl (C=O) groups is 2. The number of benzene rings is 2. The fraction of sp³-hybridized carbons (Fsp3) is 0.391. The lowest BCUT2D eigenvalue weighted by Gasteiger charge is -2.35. The highest BCUT2D eigenvalue weighted by Crippen LogP contribution is 2.18. The molecule has 2 aromatic carbocycles. The molecule has 0 bridgehead atoms. The first kappa shape index (κ1) is 23.7. The molecule has 0 aliphatic carbocycles. The normalized spacial score (nSPS) is 15.8. The number of ether oxygens (including phenoxy) is 1. The minimum absolute atomic E-state index is 0.0623. The van der Waals surface area contributed by atoms with Crippen LogP contribution in [0.3, 0.4) is 0 Å². The fourth-order valence-electron chi connectivity index (χ4n) is 3.45. The van der Waals surface area contributed by atoms with Crippen molar-refractivity contribution in [3.8, 4) is 0 Å². The van der Waals surface area contributed by atoms with Gasteiger partial charge < -0.3 is 14.5 Å². The highest BCUT2D eigenvalue weighted by Gasteiger charge is 2.27. The number of hydrogen-bond acceptors (Lipinski definition) is 6. The first-order valence-electron chi connectivity index (χ1n) is 10.6. The van der Waals surface area contributed by atoms with Gasteiger partial charge in [-0.05, 0) is 50.7 Å². The van der Waals surface area contributed by atoms with Crippen LogP contribution in [0.25, 0.3) is 0 Å². The number of nitrogens with zero attached hydrogens (tertiary/aromatic N) is 2. The molecule has 0 aromatic heterocycles. The molecule has 1 atom stereocenters. The van der Waals surface area contributed by atoms with Crippen molar-refractivity contribution < 1.29 is 22.7 Å². The second-order valence-electron chi connectivity index (χ2n) is 7.81. The number of likely N-dealkylation sites (N-methyl/N-ethyl adjacent to an activating group) is 1. The van der Waals surface area contributed by atoms with Crippen molar-refractivity contribution in [3.63, 3.8) is 0 Å². The zero-order valence-corrected chi connectivity index (χ0v) is 19.4. The molecule has 0 radical (unpaired) electrons. The van der Waals surface area contributed by atoms with Gasteiger partial charge in [0, 0.05) is 31.9 Å². The van der Waals surface area contributed by atoms with E-state index in [1.54, 1.807) is 29.2 Å². The molecular weight excluding hydrogens is 430 g/mol. The van der Waals surface area contributed by atoms with E-state index in [1.807, 2.05) is 6.92 Å².